The minimum absolute atomic E-state index is 0.376. The van der Waals surface area contributed by atoms with E-state index in [1.165, 1.54) is 231 Å². The molecular formula is C52H105NO5. The Bertz CT molecular complexity index is 796. The lowest BCUT2D eigenvalue weighted by Gasteiger charge is -2.27. The van der Waals surface area contributed by atoms with Gasteiger partial charge < -0.3 is 25.7 Å². The fraction of sp³-hybridized carbons (Fsp3) is 0.981. The van der Waals surface area contributed by atoms with Gasteiger partial charge in [-0.3, -0.25) is 4.79 Å². The maximum atomic E-state index is 12.6. The van der Waals surface area contributed by atoms with E-state index in [4.69, 9.17) is 0 Å². The SMILES string of the molecule is CCCCCCCCCCCCCCCCCCCCCCCCCC(O)C(=O)NC(CO)C(O)C(O)CCCCCCCCCCCCCCCCCCCCC. The molecular weight excluding hydrogens is 719 g/mol. The van der Waals surface area contributed by atoms with Crippen LogP contribution in [-0.2, 0) is 4.79 Å². The number of aliphatic hydroxyl groups is 4. The number of carbonyl (C=O) groups excluding carboxylic acids is 1. The smallest absolute Gasteiger partial charge is 0.249 e. The van der Waals surface area contributed by atoms with Crippen LogP contribution in [0.15, 0.2) is 0 Å². The third-order valence-electron chi connectivity index (χ3n) is 12.8. The van der Waals surface area contributed by atoms with E-state index in [9.17, 15) is 25.2 Å². The fourth-order valence-corrected chi connectivity index (χ4v) is 8.64. The molecule has 0 saturated heterocycles. The van der Waals surface area contributed by atoms with Crippen LogP contribution in [-0.4, -0.2) is 57.3 Å². The molecule has 6 heteroatoms. The number of amides is 1. The van der Waals surface area contributed by atoms with Crippen LogP contribution in [0.4, 0.5) is 0 Å². The highest BCUT2D eigenvalue weighted by atomic mass is 16.3. The summed E-state index contributed by atoms with van der Waals surface area (Å²) in [5, 5.41) is 43.9. The minimum atomic E-state index is -1.25. The van der Waals surface area contributed by atoms with E-state index < -0.39 is 36.9 Å². The second kappa shape index (κ2) is 47.4. The van der Waals surface area contributed by atoms with E-state index >= 15 is 0 Å². The Hall–Kier alpha value is -0.690. The average molecular weight is 824 g/mol. The molecule has 0 aliphatic heterocycles. The Labute approximate surface area is 362 Å². The third kappa shape index (κ3) is 40.7. The first-order valence-electron chi connectivity index (χ1n) is 26.4. The van der Waals surface area contributed by atoms with Crippen LogP contribution in [0.2, 0.25) is 0 Å². The van der Waals surface area contributed by atoms with Gasteiger partial charge in [-0.1, -0.05) is 284 Å². The maximum Gasteiger partial charge on any atom is 0.249 e. The minimum Gasteiger partial charge on any atom is -0.394 e. The van der Waals surface area contributed by atoms with Crippen LogP contribution in [0, 0.1) is 0 Å². The molecule has 0 aromatic carbocycles. The zero-order chi connectivity index (χ0) is 42.4. The highest BCUT2D eigenvalue weighted by Crippen LogP contribution is 2.18. The Balaban J connectivity index is 3.61. The second-order valence-electron chi connectivity index (χ2n) is 18.6. The molecule has 0 heterocycles. The normalized spacial score (nSPS) is 13.8. The summed E-state index contributed by atoms with van der Waals surface area (Å²) in [6.07, 6.45) is 53.0. The van der Waals surface area contributed by atoms with Gasteiger partial charge in [0.1, 0.15) is 12.2 Å². The van der Waals surface area contributed by atoms with Crippen LogP contribution >= 0.6 is 0 Å². The first kappa shape index (κ1) is 57.3. The van der Waals surface area contributed by atoms with Gasteiger partial charge in [-0.2, -0.15) is 0 Å². The van der Waals surface area contributed by atoms with Crippen molar-refractivity contribution in [2.75, 3.05) is 6.61 Å². The first-order chi connectivity index (χ1) is 28.5. The van der Waals surface area contributed by atoms with E-state index in [0.29, 0.717) is 12.8 Å². The lowest BCUT2D eigenvalue weighted by Crippen LogP contribution is -2.53. The molecule has 4 atom stereocenters. The highest BCUT2D eigenvalue weighted by molar-refractivity contribution is 5.80. The summed E-state index contributed by atoms with van der Waals surface area (Å²) in [5.74, 6) is -0.576. The van der Waals surface area contributed by atoms with Crippen LogP contribution in [0.5, 0.6) is 0 Å². The van der Waals surface area contributed by atoms with Crippen LogP contribution in [0.3, 0.4) is 0 Å². The molecule has 0 aliphatic rings. The number of aliphatic hydroxyl groups excluding tert-OH is 4. The second-order valence-corrected chi connectivity index (χ2v) is 18.6. The van der Waals surface area contributed by atoms with Crippen molar-refractivity contribution in [3.63, 3.8) is 0 Å². The molecule has 1 amide bonds. The van der Waals surface area contributed by atoms with Crippen molar-refractivity contribution in [3.05, 3.63) is 0 Å². The van der Waals surface area contributed by atoms with Gasteiger partial charge >= 0.3 is 0 Å². The van der Waals surface area contributed by atoms with Crippen molar-refractivity contribution in [2.45, 2.75) is 321 Å². The highest BCUT2D eigenvalue weighted by Gasteiger charge is 2.28. The fourth-order valence-electron chi connectivity index (χ4n) is 8.64. The van der Waals surface area contributed by atoms with Crippen molar-refractivity contribution in [1.29, 1.82) is 0 Å². The molecule has 0 radical (unpaired) electrons. The number of unbranched alkanes of at least 4 members (excludes halogenated alkanes) is 40. The van der Waals surface area contributed by atoms with E-state index in [1.807, 2.05) is 0 Å². The maximum absolute atomic E-state index is 12.6. The summed E-state index contributed by atoms with van der Waals surface area (Å²) in [4.78, 5) is 12.6. The monoisotopic (exact) mass is 824 g/mol. The van der Waals surface area contributed by atoms with Crippen molar-refractivity contribution in [2.24, 2.45) is 0 Å². The molecule has 0 spiro atoms. The molecule has 0 rings (SSSR count). The van der Waals surface area contributed by atoms with Crippen LogP contribution in [0.25, 0.3) is 0 Å². The van der Waals surface area contributed by atoms with Crippen molar-refractivity contribution in [1.82, 2.24) is 5.32 Å². The quantitative estimate of drug-likeness (QED) is 0.0393. The van der Waals surface area contributed by atoms with Gasteiger partial charge in [-0.25, -0.2) is 0 Å². The molecule has 4 unspecified atom stereocenters. The molecule has 6 nitrogen and oxygen atoms in total. The summed E-state index contributed by atoms with van der Waals surface area (Å²) in [7, 11) is 0. The zero-order valence-electron chi connectivity index (χ0n) is 39.3. The van der Waals surface area contributed by atoms with Gasteiger partial charge in [-0.15, -0.1) is 0 Å². The zero-order valence-corrected chi connectivity index (χ0v) is 39.3. The lowest BCUT2D eigenvalue weighted by atomic mass is 9.99. The van der Waals surface area contributed by atoms with E-state index in [-0.39, 0.29) is 0 Å². The molecule has 58 heavy (non-hydrogen) atoms. The molecule has 0 aromatic heterocycles. The molecule has 0 aliphatic carbocycles. The number of nitrogens with one attached hydrogen (secondary N) is 1. The van der Waals surface area contributed by atoms with E-state index in [0.717, 1.165) is 38.5 Å². The number of rotatable bonds is 49. The van der Waals surface area contributed by atoms with Crippen molar-refractivity contribution >= 4 is 5.91 Å². The Kier molecular flexibility index (Phi) is 46.8. The van der Waals surface area contributed by atoms with Gasteiger partial charge in [-0.05, 0) is 12.8 Å². The molecule has 348 valence electrons. The predicted octanol–water partition coefficient (Wildman–Crippen LogP) is 14.8. The van der Waals surface area contributed by atoms with E-state index in [2.05, 4.69) is 19.2 Å². The van der Waals surface area contributed by atoms with Crippen molar-refractivity contribution in [3.8, 4) is 0 Å². The van der Waals surface area contributed by atoms with Crippen LogP contribution in [0.1, 0.15) is 296 Å². The summed E-state index contributed by atoms with van der Waals surface area (Å²) in [5.41, 5.74) is 0. The molecule has 0 bridgehead atoms. The average Bonchev–Trinajstić information content (AvgIpc) is 3.23. The summed E-state index contributed by atoms with van der Waals surface area (Å²) in [6, 6.07) is -0.980. The van der Waals surface area contributed by atoms with Gasteiger partial charge in [0, 0.05) is 0 Å². The summed E-state index contributed by atoms with van der Waals surface area (Å²) >= 11 is 0. The van der Waals surface area contributed by atoms with Crippen molar-refractivity contribution < 1.29 is 25.2 Å². The predicted molar refractivity (Wildman–Crippen MR) is 252 cm³/mol. The van der Waals surface area contributed by atoms with Gasteiger partial charge in [0.05, 0.1) is 18.8 Å². The molecule has 0 saturated carbocycles. The lowest BCUT2D eigenvalue weighted by molar-refractivity contribution is -0.132. The van der Waals surface area contributed by atoms with Crippen LogP contribution < -0.4 is 5.32 Å². The summed E-state index contributed by atoms with van der Waals surface area (Å²) < 4.78 is 0. The number of carbonyl (C=O) groups is 1. The van der Waals surface area contributed by atoms with Gasteiger partial charge in [0.2, 0.25) is 5.91 Å². The Morgan fingerprint density at radius 2 is 0.586 bits per heavy atom. The topological polar surface area (TPSA) is 110 Å². The standard InChI is InChI=1S/C52H105NO5/c1-3-5-7-9-11-13-15-17-19-21-23-24-25-26-28-30-32-34-36-38-40-42-44-46-50(56)52(58)53-48(47-54)51(57)49(55)45-43-41-39-37-35-33-31-29-27-22-20-18-16-14-12-10-8-6-4-2/h48-51,54-57H,3-47H2,1-2H3,(H,53,58). The Morgan fingerprint density at radius 1 is 0.362 bits per heavy atom. The Morgan fingerprint density at radius 3 is 0.828 bits per heavy atom. The molecule has 0 fully saturated rings. The molecule has 5 N–H and O–H groups in total. The largest absolute Gasteiger partial charge is 0.394 e. The summed E-state index contributed by atoms with van der Waals surface area (Å²) in [6.45, 7) is 4.09. The van der Waals surface area contributed by atoms with E-state index in [1.54, 1.807) is 0 Å². The first-order valence-corrected chi connectivity index (χ1v) is 26.4. The number of hydrogen-bond acceptors (Lipinski definition) is 5. The van der Waals surface area contributed by atoms with Gasteiger partial charge in [0.25, 0.3) is 0 Å². The molecule has 0 aromatic rings. The van der Waals surface area contributed by atoms with Gasteiger partial charge in [0.15, 0.2) is 0 Å². The number of hydrogen-bond donors (Lipinski definition) is 5. The third-order valence-corrected chi connectivity index (χ3v) is 12.8.